The largest absolute Gasteiger partial charge is 0.481 e. The van der Waals surface area contributed by atoms with Crippen molar-refractivity contribution in [3.8, 4) is 17.1 Å². The van der Waals surface area contributed by atoms with Crippen LogP contribution in [-0.2, 0) is 14.5 Å². The molecule has 2 saturated heterocycles. The topological polar surface area (TPSA) is 141 Å². The number of H-pyrrole nitrogens is 1. The van der Waals surface area contributed by atoms with E-state index in [9.17, 15) is 18.2 Å². The van der Waals surface area contributed by atoms with Gasteiger partial charge in [-0.15, -0.1) is 0 Å². The van der Waals surface area contributed by atoms with Crippen LogP contribution in [0.15, 0.2) is 18.3 Å². The molecule has 3 fully saturated rings. The monoisotopic (exact) mass is 532 g/mol. The van der Waals surface area contributed by atoms with Gasteiger partial charge >= 0.3 is 0 Å². The first-order valence-electron chi connectivity index (χ1n) is 12.6. The Labute approximate surface area is 215 Å². The quantitative estimate of drug-likeness (QED) is 0.522. The Bertz CT molecular complexity index is 1340. The van der Waals surface area contributed by atoms with E-state index < -0.39 is 20.3 Å². The number of nitrogens with one attached hydrogen (secondary N) is 3. The summed E-state index contributed by atoms with van der Waals surface area (Å²) in [4.78, 5) is 32.1. The number of hydrogen-bond acceptors (Lipinski definition) is 7. The molecular weight excluding hydrogens is 499 g/mol. The van der Waals surface area contributed by atoms with Gasteiger partial charge in [0.1, 0.15) is 0 Å². The van der Waals surface area contributed by atoms with Crippen LogP contribution in [0.3, 0.4) is 0 Å². The van der Waals surface area contributed by atoms with Crippen molar-refractivity contribution in [2.75, 3.05) is 26.0 Å². The van der Waals surface area contributed by atoms with E-state index in [2.05, 4.69) is 20.5 Å². The van der Waals surface area contributed by atoms with Gasteiger partial charge in [-0.1, -0.05) is 0 Å². The number of pyridine rings is 1. The molecule has 1 spiro atoms. The van der Waals surface area contributed by atoms with Gasteiger partial charge in [-0.25, -0.2) is 13.6 Å². The van der Waals surface area contributed by atoms with E-state index in [0.717, 1.165) is 19.0 Å². The van der Waals surface area contributed by atoms with Crippen LogP contribution in [0.5, 0.6) is 5.88 Å². The maximum atomic E-state index is 14.3. The number of likely N-dealkylation sites (tertiary alicyclic amines) is 1. The standard InChI is InChI=1S/C25H33FN6O4S/c1-24(2)16(5-9-37(24,27)35)13-29-22(33)15-4-8-32(25(12-15)6-7-25)23(34)20-11-19(30-31-20)17-10-21(36-3)28-14-18(17)26/h10-11,14-16,27H,4-9,12-13H2,1-3H3,(H,29,33)(H,30,31)/t15-,16+,37-/m0/s1. The summed E-state index contributed by atoms with van der Waals surface area (Å²) < 4.78 is 39.4. The third-order valence-corrected chi connectivity index (χ3v) is 11.4. The van der Waals surface area contributed by atoms with Gasteiger partial charge in [0.15, 0.2) is 11.5 Å². The van der Waals surface area contributed by atoms with E-state index >= 15 is 0 Å². The zero-order valence-corrected chi connectivity index (χ0v) is 22.1. The van der Waals surface area contributed by atoms with Crippen molar-refractivity contribution < 1.29 is 22.9 Å². The van der Waals surface area contributed by atoms with E-state index in [4.69, 9.17) is 9.52 Å². The number of piperidine rings is 1. The van der Waals surface area contributed by atoms with Gasteiger partial charge in [0.25, 0.3) is 5.91 Å². The van der Waals surface area contributed by atoms with Crippen LogP contribution in [0, 0.1) is 22.4 Å². The predicted molar refractivity (Wildman–Crippen MR) is 135 cm³/mol. The minimum atomic E-state index is -2.65. The fourth-order valence-corrected chi connectivity index (χ4v) is 7.58. The highest BCUT2D eigenvalue weighted by atomic mass is 32.2. The summed E-state index contributed by atoms with van der Waals surface area (Å²) in [7, 11) is -1.21. The van der Waals surface area contributed by atoms with Gasteiger partial charge < -0.3 is 15.0 Å². The van der Waals surface area contributed by atoms with Crippen LogP contribution in [0.1, 0.15) is 56.4 Å². The second kappa shape index (κ2) is 9.07. The number of halogens is 1. The summed E-state index contributed by atoms with van der Waals surface area (Å²) in [6, 6.07) is 2.97. The van der Waals surface area contributed by atoms with Crippen molar-refractivity contribution in [2.45, 2.75) is 56.2 Å². The molecular formula is C25H33FN6O4S. The fraction of sp³-hybridized carbons (Fsp3) is 0.600. The summed E-state index contributed by atoms with van der Waals surface area (Å²) in [6.07, 6.45) is 4.51. The molecule has 0 aromatic carbocycles. The lowest BCUT2D eigenvalue weighted by Gasteiger charge is -2.39. The van der Waals surface area contributed by atoms with E-state index in [-0.39, 0.29) is 46.3 Å². The van der Waals surface area contributed by atoms with Crippen molar-refractivity contribution >= 4 is 21.5 Å². The molecule has 12 heteroatoms. The molecule has 0 radical (unpaired) electrons. The van der Waals surface area contributed by atoms with Crippen molar-refractivity contribution in [1.29, 1.82) is 4.78 Å². The van der Waals surface area contributed by atoms with Crippen molar-refractivity contribution in [1.82, 2.24) is 25.4 Å². The molecule has 2 aromatic rings. The first-order chi connectivity index (χ1) is 17.5. The molecule has 0 bridgehead atoms. The Hall–Kier alpha value is -3.02. The highest BCUT2D eigenvalue weighted by Gasteiger charge is 2.55. The van der Waals surface area contributed by atoms with Gasteiger partial charge in [0.2, 0.25) is 11.8 Å². The number of ether oxygens (including phenoxy) is 1. The molecule has 37 heavy (non-hydrogen) atoms. The lowest BCUT2D eigenvalue weighted by molar-refractivity contribution is -0.127. The Morgan fingerprint density at radius 2 is 2.08 bits per heavy atom. The molecule has 3 atom stereocenters. The Balaban J connectivity index is 1.23. The van der Waals surface area contributed by atoms with Crippen LogP contribution >= 0.6 is 0 Å². The number of carbonyl (C=O) groups is 2. The smallest absolute Gasteiger partial charge is 0.274 e. The number of hydrogen-bond donors (Lipinski definition) is 3. The van der Waals surface area contributed by atoms with Gasteiger partial charge in [-0.2, -0.15) is 5.10 Å². The van der Waals surface area contributed by atoms with Gasteiger partial charge in [-0.3, -0.25) is 19.5 Å². The zero-order valence-electron chi connectivity index (χ0n) is 21.3. The number of nitrogens with zero attached hydrogens (tertiary/aromatic N) is 3. The molecule has 200 valence electrons. The number of amides is 2. The number of aromatic nitrogens is 3. The van der Waals surface area contributed by atoms with Gasteiger partial charge in [-0.05, 0) is 57.9 Å². The molecule has 3 N–H and O–H groups in total. The number of methoxy groups -OCH3 is 1. The Morgan fingerprint density at radius 1 is 1.32 bits per heavy atom. The van der Waals surface area contributed by atoms with Crippen LogP contribution in [0.2, 0.25) is 0 Å². The second-order valence-electron chi connectivity index (χ2n) is 11.0. The Kier molecular flexibility index (Phi) is 6.28. The van der Waals surface area contributed by atoms with Crippen molar-refractivity contribution in [3.05, 3.63) is 29.8 Å². The van der Waals surface area contributed by atoms with Crippen LogP contribution < -0.4 is 10.1 Å². The SMILES string of the molecule is COc1cc(-c2cc(C(=O)N3CC[C@H](C(=O)NC[C@H]4CC[S@](=N)(=O)C4(C)C)CC34CC4)n[nH]2)c(F)cn1. The lowest BCUT2D eigenvalue weighted by atomic mass is 9.87. The van der Waals surface area contributed by atoms with E-state index in [1.807, 2.05) is 18.7 Å². The molecule has 10 nitrogen and oxygen atoms in total. The fourth-order valence-electron chi connectivity index (χ4n) is 5.70. The molecule has 2 aliphatic heterocycles. The maximum Gasteiger partial charge on any atom is 0.274 e. The van der Waals surface area contributed by atoms with Gasteiger partial charge in [0.05, 0.1) is 23.7 Å². The average Bonchev–Trinajstić information content (AvgIpc) is 3.37. The van der Waals surface area contributed by atoms with E-state index in [0.29, 0.717) is 43.8 Å². The molecule has 0 unspecified atom stereocenters. The van der Waals surface area contributed by atoms with Crippen LogP contribution in [-0.4, -0.2) is 72.3 Å². The summed E-state index contributed by atoms with van der Waals surface area (Å²) >= 11 is 0. The maximum absolute atomic E-state index is 14.3. The Morgan fingerprint density at radius 3 is 2.73 bits per heavy atom. The highest BCUT2D eigenvalue weighted by molar-refractivity contribution is 7.94. The van der Waals surface area contributed by atoms with E-state index in [1.165, 1.54) is 19.2 Å². The normalized spacial score (nSPS) is 27.7. The van der Waals surface area contributed by atoms with Crippen LogP contribution in [0.4, 0.5) is 4.39 Å². The van der Waals surface area contributed by atoms with Crippen molar-refractivity contribution in [3.63, 3.8) is 0 Å². The third-order valence-electron chi connectivity index (χ3n) is 8.58. The first-order valence-corrected chi connectivity index (χ1v) is 14.3. The van der Waals surface area contributed by atoms with Gasteiger partial charge in [0, 0.05) is 51.7 Å². The minimum Gasteiger partial charge on any atom is -0.481 e. The summed E-state index contributed by atoms with van der Waals surface area (Å²) in [5, 5.41) is 9.94. The summed E-state index contributed by atoms with van der Waals surface area (Å²) in [5.74, 6) is -0.400. The molecule has 1 aliphatic carbocycles. The molecule has 5 rings (SSSR count). The summed E-state index contributed by atoms with van der Waals surface area (Å²) in [5.41, 5.74) is 0.402. The van der Waals surface area contributed by atoms with Crippen LogP contribution in [0.25, 0.3) is 11.3 Å². The number of carbonyl (C=O) groups excluding carboxylic acids is 2. The van der Waals surface area contributed by atoms with E-state index in [1.54, 1.807) is 0 Å². The average molecular weight is 533 g/mol. The predicted octanol–water partition coefficient (Wildman–Crippen LogP) is 2.97. The first kappa shape index (κ1) is 25.6. The molecule has 3 aliphatic rings. The molecule has 1 saturated carbocycles. The summed E-state index contributed by atoms with van der Waals surface area (Å²) in [6.45, 7) is 4.57. The molecule has 2 amide bonds. The zero-order chi connectivity index (χ0) is 26.6. The molecule has 2 aromatic heterocycles. The lowest BCUT2D eigenvalue weighted by Crippen LogP contribution is -2.51. The highest BCUT2D eigenvalue weighted by Crippen LogP contribution is 2.50. The van der Waals surface area contributed by atoms with Crippen molar-refractivity contribution in [2.24, 2.45) is 11.8 Å². The third kappa shape index (κ3) is 4.49. The minimum absolute atomic E-state index is 0.0112. The second-order valence-corrected chi connectivity index (χ2v) is 13.8. The molecule has 4 heterocycles. The number of aromatic amines is 1. The number of rotatable bonds is 6.